The summed E-state index contributed by atoms with van der Waals surface area (Å²) in [6.45, 7) is -7.45. The van der Waals surface area contributed by atoms with E-state index in [0.717, 1.165) is 17.0 Å². The van der Waals surface area contributed by atoms with Gasteiger partial charge in [-0.15, -0.1) is 0 Å². The Morgan fingerprint density at radius 1 is 1.18 bits per heavy atom. The first kappa shape index (κ1) is 11.8. The summed E-state index contributed by atoms with van der Waals surface area (Å²) in [6, 6.07) is 8.39. The number of nitrogen functional groups attached to an aromatic ring is 1. The van der Waals surface area contributed by atoms with Gasteiger partial charge in [0.2, 0.25) is 12.0 Å². The number of ether oxygens (including phenoxy) is 4. The molecule has 1 aromatic heterocycles. The summed E-state index contributed by atoms with van der Waals surface area (Å²) in [4.78, 5) is 23.3. The number of rotatable bonds is 4. The molecule has 0 saturated carbocycles. The molecule has 2 aliphatic rings. The van der Waals surface area contributed by atoms with Crippen LogP contribution in [0.4, 0.5) is 11.8 Å². The molecule has 2 aliphatic heterocycles. The van der Waals surface area contributed by atoms with Crippen LogP contribution in [0, 0.1) is 0 Å². The topological polar surface area (TPSA) is 112 Å². The highest BCUT2D eigenvalue weighted by Crippen LogP contribution is 2.34. The van der Waals surface area contributed by atoms with Gasteiger partial charge in [0.15, 0.2) is 23.0 Å². The Kier molecular flexibility index (Phi) is 3.05. The average molecular weight is 463 g/mol. The first-order chi connectivity index (χ1) is 20.2. The van der Waals surface area contributed by atoms with Crippen LogP contribution in [-0.4, -0.2) is 73.6 Å². The van der Waals surface area contributed by atoms with Crippen molar-refractivity contribution in [1.29, 1.82) is 0 Å². The van der Waals surface area contributed by atoms with Crippen LogP contribution in [-0.2, 0) is 4.79 Å². The molecule has 1 atom stereocenters. The van der Waals surface area contributed by atoms with E-state index in [1.54, 1.807) is 18.2 Å². The van der Waals surface area contributed by atoms with E-state index in [-0.39, 0.29) is 34.2 Å². The third kappa shape index (κ3) is 3.88. The van der Waals surface area contributed by atoms with E-state index in [1.807, 2.05) is 0 Å². The summed E-state index contributed by atoms with van der Waals surface area (Å²) >= 11 is 0. The fourth-order valence-electron chi connectivity index (χ4n) is 3.35. The molecule has 33 heavy (non-hydrogen) atoms. The molecule has 1 amide bonds. The van der Waals surface area contributed by atoms with Crippen LogP contribution in [0.1, 0.15) is 15.1 Å². The highest BCUT2D eigenvalue weighted by Gasteiger charge is 2.33. The summed E-state index contributed by atoms with van der Waals surface area (Å²) in [6.07, 6.45) is -2.49. The van der Waals surface area contributed by atoms with Crippen molar-refractivity contribution in [3.8, 4) is 23.0 Å². The van der Waals surface area contributed by atoms with E-state index >= 15 is 0 Å². The first-order valence-corrected chi connectivity index (χ1v) is 9.67. The number of amides is 1. The summed E-state index contributed by atoms with van der Waals surface area (Å²) in [5.41, 5.74) is 6.05. The molecule has 0 spiro atoms. The number of carbonyl (C=O) groups is 1. The maximum atomic E-state index is 13.5. The molecule has 3 aromatic rings. The maximum Gasteiger partial charge on any atom is 0.267 e. The van der Waals surface area contributed by atoms with Crippen molar-refractivity contribution in [2.24, 2.45) is 0 Å². The average Bonchev–Trinajstić information content (AvgIpc) is 2.86. The third-order valence-corrected chi connectivity index (χ3v) is 5.00. The first-order valence-electron chi connectivity index (χ1n) is 15.2. The minimum atomic E-state index is -3.00. The number of aromatic nitrogens is 2. The molecular weight excluding hydrogens is 426 g/mol. The van der Waals surface area contributed by atoms with Crippen molar-refractivity contribution in [2.45, 2.75) is 6.08 Å². The highest BCUT2D eigenvalue weighted by molar-refractivity contribution is 5.91. The SMILES string of the molecule is [2H]C([2H])([2H])Oc1cc2nc(N3CC([2H])([2H])N(C(=O)C4([2H])COc5ccccc5O4)C([2H])([2H])C3)nc(N)c2cc1OC([2H])([2H])[2H]. The van der Waals surface area contributed by atoms with Crippen LogP contribution in [0.3, 0.4) is 0 Å². The largest absolute Gasteiger partial charge is 0.493 e. The standard InChI is InChI=1S/C23H25N5O5/c1-30-18-11-14-15(12-19(18)31-2)25-23(26-21(14)24)28-9-7-27(8-10-28)22(29)20-13-32-16-5-3-4-6-17(16)33-20/h3-6,11-12,20H,7-10,13H2,1-2H3,(H2,24,25,26)/i1D3,2D3,7D2,8D2,20D. The van der Waals surface area contributed by atoms with Crippen molar-refractivity contribution < 1.29 is 38.8 Å². The number of anilines is 2. The van der Waals surface area contributed by atoms with E-state index < -0.39 is 70.3 Å². The van der Waals surface area contributed by atoms with Gasteiger partial charge in [0.05, 0.1) is 34.7 Å². The molecule has 1 saturated heterocycles. The number of methoxy groups -OCH3 is 2. The zero-order chi connectivity index (χ0) is 32.5. The summed E-state index contributed by atoms with van der Waals surface area (Å²) in [5, 5.41) is 0.0385. The zero-order valence-electron chi connectivity index (χ0n) is 28.0. The zero-order valence-corrected chi connectivity index (χ0v) is 17.0. The number of hydrogen-bond donors (Lipinski definition) is 1. The van der Waals surface area contributed by atoms with Gasteiger partial charge in [0.1, 0.15) is 12.4 Å². The van der Waals surface area contributed by atoms with Crippen molar-refractivity contribution >= 4 is 28.6 Å². The lowest BCUT2D eigenvalue weighted by Gasteiger charge is -2.37. The molecule has 1 unspecified atom stereocenters. The summed E-state index contributed by atoms with van der Waals surface area (Å²) < 4.78 is 108. The molecule has 172 valence electrons. The number of piperazine rings is 1. The third-order valence-electron chi connectivity index (χ3n) is 5.00. The lowest BCUT2D eigenvalue weighted by Crippen LogP contribution is -2.54. The second kappa shape index (κ2) is 8.53. The molecule has 10 heteroatoms. The van der Waals surface area contributed by atoms with Gasteiger partial charge >= 0.3 is 0 Å². The van der Waals surface area contributed by atoms with Crippen LogP contribution in [0.15, 0.2) is 36.4 Å². The van der Waals surface area contributed by atoms with Crippen LogP contribution in [0.25, 0.3) is 10.9 Å². The van der Waals surface area contributed by atoms with Gasteiger partial charge in [0, 0.05) is 37.5 Å². The predicted octanol–water partition coefficient (Wildman–Crippen LogP) is 1.72. The molecule has 3 heterocycles. The molecule has 5 rings (SSSR count). The van der Waals surface area contributed by atoms with E-state index in [0.29, 0.717) is 4.90 Å². The predicted molar refractivity (Wildman–Crippen MR) is 122 cm³/mol. The van der Waals surface area contributed by atoms with Crippen LogP contribution >= 0.6 is 0 Å². The highest BCUT2D eigenvalue weighted by atomic mass is 16.6. The number of nitrogens with zero attached hydrogens (tertiary/aromatic N) is 4. The van der Waals surface area contributed by atoms with Crippen LogP contribution < -0.4 is 29.6 Å². The summed E-state index contributed by atoms with van der Waals surface area (Å²) in [5.74, 6) is -2.49. The minimum Gasteiger partial charge on any atom is -0.493 e. The van der Waals surface area contributed by atoms with Gasteiger partial charge in [-0.25, -0.2) is 4.98 Å². The Hall–Kier alpha value is -3.95. The van der Waals surface area contributed by atoms with Gasteiger partial charge < -0.3 is 34.5 Å². The van der Waals surface area contributed by atoms with Gasteiger partial charge in [-0.3, -0.25) is 4.79 Å². The van der Waals surface area contributed by atoms with Gasteiger partial charge in [-0.05, 0) is 18.2 Å². The lowest BCUT2D eigenvalue weighted by molar-refractivity contribution is -0.141. The molecule has 10 nitrogen and oxygen atoms in total. The Bertz CT molecular complexity index is 1600. The number of nitrogens with two attached hydrogens (primary N) is 1. The van der Waals surface area contributed by atoms with Crippen molar-refractivity contribution in [1.82, 2.24) is 14.9 Å². The van der Waals surface area contributed by atoms with E-state index in [4.69, 9.17) is 39.8 Å². The minimum absolute atomic E-state index is 0.0385. The van der Waals surface area contributed by atoms with Crippen molar-refractivity contribution in [3.63, 3.8) is 0 Å². The monoisotopic (exact) mass is 462 g/mol. The second-order valence-electron chi connectivity index (χ2n) is 7.00. The lowest BCUT2D eigenvalue weighted by atomic mass is 10.2. The molecule has 0 aliphatic carbocycles. The molecule has 1 fully saturated rings. The number of carbonyl (C=O) groups excluding carboxylic acids is 1. The van der Waals surface area contributed by atoms with Crippen LogP contribution in [0.2, 0.25) is 0 Å². The fourth-order valence-corrected chi connectivity index (χ4v) is 3.35. The second-order valence-corrected chi connectivity index (χ2v) is 7.00. The Balaban J connectivity index is 1.48. The van der Waals surface area contributed by atoms with Gasteiger partial charge in [-0.1, -0.05) is 12.1 Å². The number of benzene rings is 2. The van der Waals surface area contributed by atoms with E-state index in [2.05, 4.69) is 9.97 Å². The smallest absolute Gasteiger partial charge is 0.267 e. The summed E-state index contributed by atoms with van der Waals surface area (Å²) in [7, 11) is -5.97. The fraction of sp³-hybridized carbons (Fsp3) is 0.348. The Morgan fingerprint density at radius 2 is 1.91 bits per heavy atom. The number of fused-ring (bicyclic) bond motifs is 2. The quantitative estimate of drug-likeness (QED) is 0.619. The van der Waals surface area contributed by atoms with E-state index in [1.165, 1.54) is 6.07 Å². The van der Waals surface area contributed by atoms with E-state index in [9.17, 15) is 4.79 Å². The molecule has 2 aromatic carbocycles. The molecular formula is C23H25N5O5. The molecule has 0 bridgehead atoms. The molecule has 0 radical (unpaired) electrons. The molecule has 2 N–H and O–H groups in total. The Labute approximate surface area is 206 Å². The van der Waals surface area contributed by atoms with Crippen LogP contribution in [0.5, 0.6) is 23.0 Å². The van der Waals surface area contributed by atoms with Gasteiger partial charge in [0.25, 0.3) is 5.91 Å². The Morgan fingerprint density at radius 3 is 2.67 bits per heavy atom. The normalized spacial score (nSPS) is 28.7. The number of para-hydroxylation sites is 2. The number of hydrogen-bond acceptors (Lipinski definition) is 9. The van der Waals surface area contributed by atoms with Crippen molar-refractivity contribution in [3.05, 3.63) is 36.4 Å². The maximum absolute atomic E-state index is 13.5. The van der Waals surface area contributed by atoms with Gasteiger partial charge in [-0.2, -0.15) is 4.98 Å². The van der Waals surface area contributed by atoms with Crippen molar-refractivity contribution in [2.75, 3.05) is 57.4 Å².